The summed E-state index contributed by atoms with van der Waals surface area (Å²) < 4.78 is 1.26. The molecule has 3 heterocycles. The molecule has 0 spiro atoms. The number of fused-ring (bicyclic) bond motifs is 3. The highest BCUT2D eigenvalue weighted by Gasteiger charge is 2.30. The maximum atomic E-state index is 12.5. The number of hydrogen-bond donors (Lipinski definition) is 1. The summed E-state index contributed by atoms with van der Waals surface area (Å²) in [5.74, 6) is 0.341. The van der Waals surface area contributed by atoms with E-state index in [0.717, 1.165) is 44.3 Å². The van der Waals surface area contributed by atoms with Crippen LogP contribution in [0.1, 0.15) is 43.5 Å². The zero-order valence-corrected chi connectivity index (χ0v) is 17.3. The third-order valence-electron chi connectivity index (χ3n) is 5.25. The molecule has 7 heteroatoms. The number of carbonyl (C=O) groups is 1. The fourth-order valence-electron chi connectivity index (χ4n) is 3.91. The summed E-state index contributed by atoms with van der Waals surface area (Å²) >= 11 is 1.78. The third-order valence-corrected chi connectivity index (χ3v) is 6.34. The monoisotopic (exact) mass is 415 g/mol. The Kier molecular flexibility index (Phi) is 8.14. The average molecular weight is 416 g/mol. The molecule has 2 saturated heterocycles. The van der Waals surface area contributed by atoms with Crippen molar-refractivity contribution in [2.24, 2.45) is 0 Å². The van der Waals surface area contributed by atoms with Gasteiger partial charge in [0.15, 0.2) is 0 Å². The first kappa shape index (κ1) is 21.4. The summed E-state index contributed by atoms with van der Waals surface area (Å²) in [5.41, 5.74) is 1.10. The van der Waals surface area contributed by atoms with Gasteiger partial charge in [-0.2, -0.15) is 0 Å². The molecule has 26 heavy (non-hydrogen) atoms. The van der Waals surface area contributed by atoms with E-state index in [1.165, 1.54) is 22.5 Å². The van der Waals surface area contributed by atoms with Gasteiger partial charge in [0, 0.05) is 31.6 Å². The van der Waals surface area contributed by atoms with E-state index in [1.807, 2.05) is 6.07 Å². The van der Waals surface area contributed by atoms with Crippen molar-refractivity contribution in [2.75, 3.05) is 13.1 Å². The second-order valence-corrected chi connectivity index (χ2v) is 8.16. The van der Waals surface area contributed by atoms with Gasteiger partial charge in [-0.1, -0.05) is 12.1 Å². The molecule has 2 fully saturated rings. The van der Waals surface area contributed by atoms with E-state index < -0.39 is 0 Å². The van der Waals surface area contributed by atoms with Crippen molar-refractivity contribution in [3.05, 3.63) is 29.3 Å². The second-order valence-electron chi connectivity index (χ2n) is 7.05. The number of unbranched alkanes of at least 4 members (excludes halogenated alkanes) is 1. The molecule has 2 atom stereocenters. The maximum absolute atomic E-state index is 12.5. The number of halogens is 2. The van der Waals surface area contributed by atoms with Crippen LogP contribution in [0.5, 0.6) is 0 Å². The number of benzene rings is 1. The SMILES string of the molecule is Cl.Cl.O=C(CCCCc1nc2ccccc2s1)N1CCC2CCC(C1)N2. The first-order valence-electron chi connectivity index (χ1n) is 9.16. The number of hydrogen-bond acceptors (Lipinski definition) is 4. The highest BCUT2D eigenvalue weighted by Crippen LogP contribution is 2.23. The average Bonchev–Trinajstić information content (AvgIpc) is 3.13. The van der Waals surface area contributed by atoms with Crippen molar-refractivity contribution in [3.8, 4) is 0 Å². The van der Waals surface area contributed by atoms with E-state index in [4.69, 9.17) is 0 Å². The van der Waals surface area contributed by atoms with Crippen LogP contribution in [0.3, 0.4) is 0 Å². The summed E-state index contributed by atoms with van der Waals surface area (Å²) in [5, 5.41) is 4.83. The fourth-order valence-corrected chi connectivity index (χ4v) is 4.92. The van der Waals surface area contributed by atoms with Gasteiger partial charge < -0.3 is 10.2 Å². The van der Waals surface area contributed by atoms with E-state index in [2.05, 4.69) is 33.4 Å². The minimum absolute atomic E-state index is 0. The standard InChI is InChI=1S/C19H25N3OS.2ClH/c23-19(22-12-11-14-9-10-15(13-22)20-14)8-4-3-7-18-21-16-5-1-2-6-17(16)24-18;;/h1-2,5-6,14-15,20H,3-4,7-13H2;2*1H. The Morgan fingerprint density at radius 3 is 2.81 bits per heavy atom. The van der Waals surface area contributed by atoms with E-state index >= 15 is 0 Å². The predicted molar refractivity (Wildman–Crippen MR) is 113 cm³/mol. The first-order chi connectivity index (χ1) is 11.8. The van der Waals surface area contributed by atoms with Gasteiger partial charge in [-0.25, -0.2) is 4.98 Å². The minimum atomic E-state index is 0. The van der Waals surface area contributed by atoms with Crippen molar-refractivity contribution >= 4 is 52.3 Å². The largest absolute Gasteiger partial charge is 0.341 e. The van der Waals surface area contributed by atoms with Gasteiger partial charge in [0.25, 0.3) is 0 Å². The molecule has 2 aliphatic rings. The number of aryl methyl sites for hydroxylation is 1. The molecular weight excluding hydrogens is 389 g/mol. The van der Waals surface area contributed by atoms with E-state index in [0.29, 0.717) is 24.4 Å². The quantitative estimate of drug-likeness (QED) is 0.743. The highest BCUT2D eigenvalue weighted by atomic mass is 35.5. The zero-order valence-electron chi connectivity index (χ0n) is 14.9. The zero-order chi connectivity index (χ0) is 16.4. The van der Waals surface area contributed by atoms with Crippen LogP contribution in [-0.4, -0.2) is 41.0 Å². The van der Waals surface area contributed by atoms with Gasteiger partial charge in [-0.15, -0.1) is 36.2 Å². The van der Waals surface area contributed by atoms with Crippen LogP contribution in [0.4, 0.5) is 0 Å². The van der Waals surface area contributed by atoms with Crippen LogP contribution in [-0.2, 0) is 11.2 Å². The van der Waals surface area contributed by atoms with Crippen molar-refractivity contribution in [1.82, 2.24) is 15.2 Å². The summed E-state index contributed by atoms with van der Waals surface area (Å²) in [4.78, 5) is 19.2. The summed E-state index contributed by atoms with van der Waals surface area (Å²) in [6.45, 7) is 1.85. The molecule has 1 amide bonds. The van der Waals surface area contributed by atoms with Crippen molar-refractivity contribution in [1.29, 1.82) is 0 Å². The fraction of sp³-hybridized carbons (Fsp3) is 0.579. The Balaban J connectivity index is 0.00000121. The third kappa shape index (κ3) is 5.10. The maximum Gasteiger partial charge on any atom is 0.222 e. The summed E-state index contributed by atoms with van der Waals surface area (Å²) in [6, 6.07) is 9.47. The molecule has 0 radical (unpaired) electrons. The second kappa shape index (κ2) is 9.88. The Hall–Kier alpha value is -0.880. The molecular formula is C19H27Cl2N3OS. The molecule has 2 unspecified atom stereocenters. The molecule has 2 bridgehead atoms. The van der Waals surface area contributed by atoms with Gasteiger partial charge in [-0.05, 0) is 50.7 Å². The highest BCUT2D eigenvalue weighted by molar-refractivity contribution is 7.18. The van der Waals surface area contributed by atoms with Gasteiger partial charge in [-0.3, -0.25) is 4.79 Å². The lowest BCUT2D eigenvalue weighted by atomic mass is 10.1. The lowest BCUT2D eigenvalue weighted by Crippen LogP contribution is -2.38. The smallest absolute Gasteiger partial charge is 0.222 e. The van der Waals surface area contributed by atoms with E-state index in [-0.39, 0.29) is 24.8 Å². The normalized spacial score (nSPS) is 21.8. The number of rotatable bonds is 5. The molecule has 4 nitrogen and oxygen atoms in total. The number of aromatic nitrogens is 1. The number of thiazole rings is 1. The van der Waals surface area contributed by atoms with E-state index in [1.54, 1.807) is 11.3 Å². The molecule has 2 aromatic rings. The van der Waals surface area contributed by atoms with Crippen molar-refractivity contribution < 1.29 is 4.79 Å². The number of likely N-dealkylation sites (tertiary alicyclic amines) is 1. The lowest BCUT2D eigenvalue weighted by molar-refractivity contribution is -0.131. The molecule has 0 saturated carbocycles. The van der Waals surface area contributed by atoms with Crippen molar-refractivity contribution in [2.45, 2.75) is 57.0 Å². The molecule has 1 N–H and O–H groups in total. The lowest BCUT2D eigenvalue weighted by Gasteiger charge is -2.24. The van der Waals surface area contributed by atoms with Crippen LogP contribution in [0.2, 0.25) is 0 Å². The number of para-hydroxylation sites is 1. The van der Waals surface area contributed by atoms with Crippen LogP contribution in [0.15, 0.2) is 24.3 Å². The first-order valence-corrected chi connectivity index (χ1v) is 9.98. The Morgan fingerprint density at radius 1 is 1.15 bits per heavy atom. The molecule has 1 aromatic carbocycles. The minimum Gasteiger partial charge on any atom is -0.341 e. The van der Waals surface area contributed by atoms with Gasteiger partial charge in [0.1, 0.15) is 0 Å². The van der Waals surface area contributed by atoms with Crippen LogP contribution >= 0.6 is 36.2 Å². The number of carbonyl (C=O) groups excluding carboxylic acids is 1. The van der Waals surface area contributed by atoms with Crippen LogP contribution < -0.4 is 5.32 Å². The van der Waals surface area contributed by atoms with Crippen molar-refractivity contribution in [3.63, 3.8) is 0 Å². The summed E-state index contributed by atoms with van der Waals surface area (Å²) in [6.07, 6.45) is 7.31. The summed E-state index contributed by atoms with van der Waals surface area (Å²) in [7, 11) is 0. The predicted octanol–water partition coefficient (Wildman–Crippen LogP) is 4.21. The van der Waals surface area contributed by atoms with E-state index in [9.17, 15) is 4.79 Å². The number of nitrogens with one attached hydrogen (secondary N) is 1. The van der Waals surface area contributed by atoms with Gasteiger partial charge >= 0.3 is 0 Å². The molecule has 1 aromatic heterocycles. The Bertz CT molecular complexity index is 691. The molecule has 144 valence electrons. The van der Waals surface area contributed by atoms with Gasteiger partial charge in [0.2, 0.25) is 5.91 Å². The molecule has 2 aliphatic heterocycles. The molecule has 4 rings (SSSR count). The molecule has 0 aliphatic carbocycles. The number of nitrogens with zero attached hydrogens (tertiary/aromatic N) is 2. The number of amides is 1. The Morgan fingerprint density at radius 2 is 1.96 bits per heavy atom. The van der Waals surface area contributed by atoms with Crippen LogP contribution in [0.25, 0.3) is 10.2 Å². The van der Waals surface area contributed by atoms with Gasteiger partial charge in [0.05, 0.1) is 15.2 Å². The topological polar surface area (TPSA) is 45.2 Å². The van der Waals surface area contributed by atoms with Crippen LogP contribution in [0, 0.1) is 0 Å². The Labute approximate surface area is 171 Å².